The fourth-order valence-electron chi connectivity index (χ4n) is 2.29. The average Bonchev–Trinajstić information content (AvgIpc) is 2.97. The zero-order chi connectivity index (χ0) is 14.8. The van der Waals surface area contributed by atoms with Crippen LogP contribution in [0.5, 0.6) is 5.75 Å². The minimum atomic E-state index is 0.858. The van der Waals surface area contributed by atoms with E-state index >= 15 is 0 Å². The Morgan fingerprint density at radius 1 is 1.10 bits per heavy atom. The maximum absolute atomic E-state index is 5.24. The first-order valence-corrected chi connectivity index (χ1v) is 6.87. The van der Waals surface area contributed by atoms with Gasteiger partial charge < -0.3 is 4.74 Å². The number of aromatic nitrogens is 2. The van der Waals surface area contributed by atoms with E-state index in [0.717, 1.165) is 33.8 Å². The third kappa shape index (κ3) is 2.68. The van der Waals surface area contributed by atoms with E-state index in [-0.39, 0.29) is 0 Å². The molecule has 0 spiro atoms. The Hall–Kier alpha value is -2.55. The van der Waals surface area contributed by atoms with Gasteiger partial charge in [-0.25, -0.2) is 4.68 Å². The van der Waals surface area contributed by atoms with Crippen molar-refractivity contribution in [3.63, 3.8) is 0 Å². The minimum absolute atomic E-state index is 0.858. The van der Waals surface area contributed by atoms with E-state index in [1.165, 1.54) is 0 Å². The fraction of sp³-hybridized carbons (Fsp3) is 0.167. The van der Waals surface area contributed by atoms with E-state index in [4.69, 9.17) is 4.74 Å². The topological polar surface area (TPSA) is 27.1 Å². The Morgan fingerprint density at radius 3 is 2.62 bits per heavy atom. The molecule has 0 aliphatic carbocycles. The van der Waals surface area contributed by atoms with Crippen molar-refractivity contribution in [2.45, 2.75) is 13.8 Å². The molecule has 1 aromatic heterocycles. The Kier molecular flexibility index (Phi) is 3.48. The highest BCUT2D eigenvalue weighted by atomic mass is 16.5. The maximum atomic E-state index is 5.24. The Bertz CT molecular complexity index is 757. The molecule has 0 aliphatic rings. The molecular formula is C18H17N2O. The lowest BCUT2D eigenvalue weighted by atomic mass is 10.1. The first kappa shape index (κ1) is 13.4. The number of rotatable bonds is 3. The molecule has 0 fully saturated rings. The normalized spacial score (nSPS) is 10.6. The molecule has 0 unspecified atom stereocenters. The number of methoxy groups -OCH3 is 1. The minimum Gasteiger partial charge on any atom is -0.497 e. The fourth-order valence-corrected chi connectivity index (χ4v) is 2.29. The van der Waals surface area contributed by atoms with Crippen LogP contribution in [0.1, 0.15) is 11.1 Å². The molecule has 0 saturated heterocycles. The van der Waals surface area contributed by atoms with Crippen molar-refractivity contribution in [2.24, 2.45) is 0 Å². The van der Waals surface area contributed by atoms with Crippen molar-refractivity contribution in [2.75, 3.05) is 7.11 Å². The van der Waals surface area contributed by atoms with Crippen LogP contribution >= 0.6 is 0 Å². The molecule has 3 rings (SSSR count). The van der Waals surface area contributed by atoms with Gasteiger partial charge in [-0.05, 0) is 61.4 Å². The number of hydrogen-bond donors (Lipinski definition) is 0. The van der Waals surface area contributed by atoms with Crippen molar-refractivity contribution in [1.82, 2.24) is 9.78 Å². The molecule has 0 aliphatic heterocycles. The molecule has 2 aromatic carbocycles. The van der Waals surface area contributed by atoms with Crippen LogP contribution in [0.3, 0.4) is 0 Å². The molecule has 0 saturated carbocycles. The molecule has 0 amide bonds. The summed E-state index contributed by atoms with van der Waals surface area (Å²) in [5.74, 6) is 0.858. The summed E-state index contributed by atoms with van der Waals surface area (Å²) >= 11 is 0. The van der Waals surface area contributed by atoms with E-state index < -0.39 is 0 Å². The highest BCUT2D eigenvalue weighted by Gasteiger charge is 2.06. The molecule has 3 aromatic rings. The molecule has 3 nitrogen and oxygen atoms in total. The van der Waals surface area contributed by atoms with Gasteiger partial charge in [0.2, 0.25) is 0 Å². The van der Waals surface area contributed by atoms with E-state index in [9.17, 15) is 0 Å². The van der Waals surface area contributed by atoms with Crippen LogP contribution in [-0.2, 0) is 0 Å². The Labute approximate surface area is 124 Å². The van der Waals surface area contributed by atoms with Gasteiger partial charge in [-0.2, -0.15) is 5.10 Å². The van der Waals surface area contributed by atoms with Gasteiger partial charge in [0.15, 0.2) is 0 Å². The second-order valence-electron chi connectivity index (χ2n) is 5.06. The van der Waals surface area contributed by atoms with Crippen molar-refractivity contribution < 1.29 is 4.74 Å². The number of hydrogen-bond acceptors (Lipinski definition) is 2. The summed E-state index contributed by atoms with van der Waals surface area (Å²) in [6.07, 6.45) is 1.98. The zero-order valence-electron chi connectivity index (χ0n) is 12.4. The highest BCUT2D eigenvalue weighted by Crippen LogP contribution is 2.22. The number of ether oxygens (including phenoxy) is 1. The van der Waals surface area contributed by atoms with Crippen molar-refractivity contribution in [3.05, 3.63) is 65.9 Å². The van der Waals surface area contributed by atoms with Gasteiger partial charge >= 0.3 is 0 Å². The van der Waals surface area contributed by atoms with Crippen molar-refractivity contribution in [1.29, 1.82) is 0 Å². The standard InChI is InChI=1S/C18H17N2O/c1-13-4-6-15(7-5-13)17-10-11-20(19-17)18-9-8-16(21-3)12-14(18)2/h4,6-12H,1-3H3. The van der Waals surface area contributed by atoms with Crippen LogP contribution in [0.15, 0.2) is 48.7 Å². The second-order valence-corrected chi connectivity index (χ2v) is 5.06. The van der Waals surface area contributed by atoms with Crippen LogP contribution in [0.4, 0.5) is 0 Å². The number of aryl methyl sites for hydroxylation is 2. The van der Waals surface area contributed by atoms with Crippen LogP contribution in [0.2, 0.25) is 0 Å². The summed E-state index contributed by atoms with van der Waals surface area (Å²) in [5, 5.41) is 4.65. The first-order valence-electron chi connectivity index (χ1n) is 6.87. The lowest BCUT2D eigenvalue weighted by Crippen LogP contribution is -1.98. The lowest BCUT2D eigenvalue weighted by molar-refractivity contribution is 0.414. The predicted octanol–water partition coefficient (Wildman–Crippen LogP) is 3.96. The van der Waals surface area contributed by atoms with E-state index in [1.807, 2.05) is 54.2 Å². The predicted molar refractivity (Wildman–Crippen MR) is 83.9 cm³/mol. The molecule has 21 heavy (non-hydrogen) atoms. The smallest absolute Gasteiger partial charge is 0.119 e. The molecule has 3 heteroatoms. The van der Waals surface area contributed by atoms with Gasteiger partial charge in [0.25, 0.3) is 0 Å². The van der Waals surface area contributed by atoms with E-state index in [2.05, 4.69) is 24.2 Å². The second kappa shape index (κ2) is 5.44. The number of benzene rings is 2. The van der Waals surface area contributed by atoms with Gasteiger partial charge in [0, 0.05) is 11.8 Å². The SMILES string of the molecule is COc1ccc(-n2ccc(-c3c[c]c(C)cc3)n2)c(C)c1. The summed E-state index contributed by atoms with van der Waals surface area (Å²) in [4.78, 5) is 0. The molecule has 1 radical (unpaired) electrons. The molecule has 0 atom stereocenters. The maximum Gasteiger partial charge on any atom is 0.119 e. The summed E-state index contributed by atoms with van der Waals surface area (Å²) in [7, 11) is 1.67. The van der Waals surface area contributed by atoms with Gasteiger partial charge in [0.1, 0.15) is 5.75 Å². The average molecular weight is 277 g/mol. The molecule has 0 bridgehead atoms. The molecule has 1 heterocycles. The van der Waals surface area contributed by atoms with Crippen LogP contribution in [-0.4, -0.2) is 16.9 Å². The van der Waals surface area contributed by atoms with Crippen molar-refractivity contribution in [3.8, 4) is 22.7 Å². The number of nitrogens with zero attached hydrogens (tertiary/aromatic N) is 2. The Morgan fingerprint density at radius 2 is 1.95 bits per heavy atom. The summed E-state index contributed by atoms with van der Waals surface area (Å²) in [5.41, 5.74) is 5.33. The van der Waals surface area contributed by atoms with Crippen LogP contribution in [0, 0.1) is 19.9 Å². The third-order valence-corrected chi connectivity index (χ3v) is 3.50. The van der Waals surface area contributed by atoms with Gasteiger partial charge in [-0.1, -0.05) is 12.1 Å². The van der Waals surface area contributed by atoms with Crippen molar-refractivity contribution >= 4 is 0 Å². The Balaban J connectivity index is 1.96. The summed E-state index contributed by atoms with van der Waals surface area (Å²) in [6, 6.07) is 17.3. The van der Waals surface area contributed by atoms with Crippen LogP contribution in [0.25, 0.3) is 16.9 Å². The first-order chi connectivity index (χ1) is 10.2. The van der Waals surface area contributed by atoms with Gasteiger partial charge in [-0.15, -0.1) is 0 Å². The van der Waals surface area contributed by atoms with E-state index in [1.54, 1.807) is 7.11 Å². The third-order valence-electron chi connectivity index (χ3n) is 3.50. The van der Waals surface area contributed by atoms with E-state index in [0.29, 0.717) is 0 Å². The van der Waals surface area contributed by atoms with Gasteiger partial charge in [-0.3, -0.25) is 0 Å². The van der Waals surface area contributed by atoms with Gasteiger partial charge in [0.05, 0.1) is 18.5 Å². The summed E-state index contributed by atoms with van der Waals surface area (Å²) < 4.78 is 7.13. The molecule has 0 N–H and O–H groups in total. The highest BCUT2D eigenvalue weighted by molar-refractivity contribution is 5.59. The quantitative estimate of drug-likeness (QED) is 0.724. The monoisotopic (exact) mass is 277 g/mol. The zero-order valence-corrected chi connectivity index (χ0v) is 12.4. The van der Waals surface area contributed by atoms with Crippen LogP contribution < -0.4 is 4.74 Å². The molecular weight excluding hydrogens is 260 g/mol. The molecule has 105 valence electrons. The lowest BCUT2D eigenvalue weighted by Gasteiger charge is -2.08. The largest absolute Gasteiger partial charge is 0.497 e. The summed E-state index contributed by atoms with van der Waals surface area (Å²) in [6.45, 7) is 4.09.